The number of para-hydroxylation sites is 1. The first-order valence-electron chi connectivity index (χ1n) is 5.51. The van der Waals surface area contributed by atoms with E-state index in [1.807, 2.05) is 6.07 Å². The Morgan fingerprint density at radius 1 is 1.20 bits per heavy atom. The van der Waals surface area contributed by atoms with E-state index in [1.54, 1.807) is 18.2 Å². The minimum absolute atomic E-state index is 0.0333. The van der Waals surface area contributed by atoms with Crippen LogP contribution in [0.5, 0.6) is 0 Å². The third-order valence-electron chi connectivity index (χ3n) is 2.57. The molecule has 2 rings (SSSR count). The summed E-state index contributed by atoms with van der Waals surface area (Å²) >= 11 is 3.20. The first-order chi connectivity index (χ1) is 9.44. The van der Waals surface area contributed by atoms with Gasteiger partial charge in [-0.3, -0.25) is 4.72 Å². The number of nitrogens with one attached hydrogen (secondary N) is 1. The predicted molar refractivity (Wildman–Crippen MR) is 80.5 cm³/mol. The van der Waals surface area contributed by atoms with Gasteiger partial charge in [0.2, 0.25) is 0 Å². The Morgan fingerprint density at radius 2 is 1.90 bits per heavy atom. The highest BCUT2D eigenvalue weighted by Crippen LogP contribution is 2.25. The van der Waals surface area contributed by atoms with E-state index in [0.717, 1.165) is 0 Å². The number of nitrogen functional groups attached to an aromatic ring is 1. The van der Waals surface area contributed by atoms with Crippen molar-refractivity contribution >= 4 is 37.3 Å². The van der Waals surface area contributed by atoms with Crippen LogP contribution in [0.3, 0.4) is 0 Å². The second-order valence-electron chi connectivity index (χ2n) is 3.95. The third-order valence-corrected chi connectivity index (χ3v) is 4.65. The van der Waals surface area contributed by atoms with Crippen molar-refractivity contribution in [2.24, 2.45) is 0 Å². The monoisotopic (exact) mass is 351 g/mol. The lowest BCUT2D eigenvalue weighted by atomic mass is 10.2. The molecule has 0 radical (unpaired) electrons. The number of rotatable bonds is 3. The number of anilines is 2. The molecule has 0 aliphatic rings. The standard InChI is InChI=1S/C13H10BrN3O2S/c14-11-6-5-10(7-12(11)16)20(18,19)17-13-4-2-1-3-9(13)8-15/h1-7,17H,16H2. The summed E-state index contributed by atoms with van der Waals surface area (Å²) < 4.78 is 27.5. The van der Waals surface area contributed by atoms with E-state index < -0.39 is 10.0 Å². The molecule has 0 unspecified atom stereocenters. The second-order valence-corrected chi connectivity index (χ2v) is 6.48. The fourth-order valence-corrected chi connectivity index (χ4v) is 2.92. The van der Waals surface area contributed by atoms with Gasteiger partial charge in [0.05, 0.1) is 16.1 Å². The Balaban J connectivity index is 2.41. The van der Waals surface area contributed by atoms with Crippen LogP contribution in [-0.4, -0.2) is 8.42 Å². The average molecular weight is 352 g/mol. The van der Waals surface area contributed by atoms with Gasteiger partial charge >= 0.3 is 0 Å². The number of sulfonamides is 1. The number of nitrogens with two attached hydrogens (primary N) is 1. The summed E-state index contributed by atoms with van der Waals surface area (Å²) in [4.78, 5) is 0.0333. The average Bonchev–Trinajstić information content (AvgIpc) is 2.42. The Hall–Kier alpha value is -2.04. The fraction of sp³-hybridized carbons (Fsp3) is 0. The summed E-state index contributed by atoms with van der Waals surface area (Å²) in [5, 5.41) is 8.96. The van der Waals surface area contributed by atoms with Gasteiger partial charge in [-0.1, -0.05) is 12.1 Å². The van der Waals surface area contributed by atoms with Gasteiger partial charge in [0, 0.05) is 10.2 Å². The lowest BCUT2D eigenvalue weighted by molar-refractivity contribution is 0.601. The number of halogens is 1. The summed E-state index contributed by atoms with van der Waals surface area (Å²) in [5.74, 6) is 0. The van der Waals surface area contributed by atoms with Crippen LogP contribution < -0.4 is 10.5 Å². The summed E-state index contributed by atoms with van der Waals surface area (Å²) in [6.45, 7) is 0. The van der Waals surface area contributed by atoms with E-state index in [-0.39, 0.29) is 16.1 Å². The van der Waals surface area contributed by atoms with E-state index in [2.05, 4.69) is 20.7 Å². The van der Waals surface area contributed by atoms with Gasteiger partial charge in [-0.25, -0.2) is 8.42 Å². The zero-order valence-electron chi connectivity index (χ0n) is 10.2. The second kappa shape index (κ2) is 5.53. The van der Waals surface area contributed by atoms with E-state index in [9.17, 15) is 8.42 Å². The van der Waals surface area contributed by atoms with Gasteiger partial charge in [0.1, 0.15) is 6.07 Å². The van der Waals surface area contributed by atoms with Crippen LogP contribution in [0.2, 0.25) is 0 Å². The minimum atomic E-state index is -3.79. The van der Waals surface area contributed by atoms with Crippen LogP contribution >= 0.6 is 15.9 Å². The number of nitrogens with zero attached hydrogens (tertiary/aromatic N) is 1. The molecule has 0 atom stereocenters. The van der Waals surface area contributed by atoms with Gasteiger partial charge in [-0.05, 0) is 46.3 Å². The van der Waals surface area contributed by atoms with E-state index in [0.29, 0.717) is 10.2 Å². The van der Waals surface area contributed by atoms with Crippen molar-refractivity contribution in [2.75, 3.05) is 10.5 Å². The number of nitriles is 1. The molecule has 0 fully saturated rings. The van der Waals surface area contributed by atoms with Crippen LogP contribution in [0.15, 0.2) is 51.8 Å². The lowest BCUT2D eigenvalue weighted by Gasteiger charge is -2.10. The molecule has 2 aromatic rings. The Morgan fingerprint density at radius 3 is 2.55 bits per heavy atom. The van der Waals surface area contributed by atoms with E-state index >= 15 is 0 Å². The molecule has 20 heavy (non-hydrogen) atoms. The maximum Gasteiger partial charge on any atom is 0.262 e. The Labute approximate surface area is 125 Å². The lowest BCUT2D eigenvalue weighted by Crippen LogP contribution is -2.14. The highest BCUT2D eigenvalue weighted by molar-refractivity contribution is 9.10. The topological polar surface area (TPSA) is 96.0 Å². The van der Waals surface area contributed by atoms with Crippen molar-refractivity contribution in [1.82, 2.24) is 0 Å². The number of hydrogen-bond donors (Lipinski definition) is 2. The van der Waals surface area contributed by atoms with Crippen molar-refractivity contribution < 1.29 is 8.42 Å². The van der Waals surface area contributed by atoms with Crippen molar-refractivity contribution in [3.8, 4) is 6.07 Å². The molecule has 0 bridgehead atoms. The molecule has 0 saturated carbocycles. The molecule has 3 N–H and O–H groups in total. The largest absolute Gasteiger partial charge is 0.398 e. The molecule has 102 valence electrons. The summed E-state index contributed by atoms with van der Waals surface area (Å²) in [7, 11) is -3.79. The Bertz CT molecular complexity index is 798. The van der Waals surface area contributed by atoms with Crippen LogP contribution in [0, 0.1) is 11.3 Å². The zero-order chi connectivity index (χ0) is 14.8. The highest BCUT2D eigenvalue weighted by atomic mass is 79.9. The molecule has 5 nitrogen and oxygen atoms in total. The summed E-state index contributed by atoms with van der Waals surface area (Å²) in [5.41, 5.74) is 6.48. The molecule has 7 heteroatoms. The molecule has 0 aliphatic carbocycles. The molecule has 0 aliphatic heterocycles. The summed E-state index contributed by atoms with van der Waals surface area (Å²) in [6, 6.07) is 12.6. The first-order valence-corrected chi connectivity index (χ1v) is 7.78. The Kier molecular flexibility index (Phi) is 3.97. The maximum atomic E-state index is 12.2. The molecular formula is C13H10BrN3O2S. The van der Waals surface area contributed by atoms with E-state index in [4.69, 9.17) is 11.0 Å². The van der Waals surface area contributed by atoms with E-state index in [1.165, 1.54) is 24.3 Å². The van der Waals surface area contributed by atoms with Crippen LogP contribution in [-0.2, 0) is 10.0 Å². The van der Waals surface area contributed by atoms with Crippen LogP contribution in [0.25, 0.3) is 0 Å². The SMILES string of the molecule is N#Cc1ccccc1NS(=O)(=O)c1ccc(Br)c(N)c1. The molecule has 0 aromatic heterocycles. The smallest absolute Gasteiger partial charge is 0.262 e. The van der Waals surface area contributed by atoms with Crippen molar-refractivity contribution in [3.05, 3.63) is 52.5 Å². The zero-order valence-corrected chi connectivity index (χ0v) is 12.6. The number of hydrogen-bond acceptors (Lipinski definition) is 4. The first kappa shape index (κ1) is 14.4. The van der Waals surface area contributed by atoms with Crippen molar-refractivity contribution in [1.29, 1.82) is 5.26 Å². The van der Waals surface area contributed by atoms with Crippen molar-refractivity contribution in [3.63, 3.8) is 0 Å². The maximum absolute atomic E-state index is 12.2. The molecule has 0 saturated heterocycles. The number of benzene rings is 2. The van der Waals surface area contributed by atoms with Crippen LogP contribution in [0.1, 0.15) is 5.56 Å². The quantitative estimate of drug-likeness (QED) is 0.830. The van der Waals surface area contributed by atoms with Gasteiger partial charge in [0.25, 0.3) is 10.0 Å². The van der Waals surface area contributed by atoms with Crippen LogP contribution in [0.4, 0.5) is 11.4 Å². The predicted octanol–water partition coefficient (Wildman–Crippen LogP) is 2.70. The third kappa shape index (κ3) is 2.92. The summed E-state index contributed by atoms with van der Waals surface area (Å²) in [6.07, 6.45) is 0. The minimum Gasteiger partial charge on any atom is -0.398 e. The molecule has 2 aromatic carbocycles. The van der Waals surface area contributed by atoms with Gasteiger partial charge in [-0.15, -0.1) is 0 Å². The molecule has 0 amide bonds. The normalized spacial score (nSPS) is 10.8. The molecular weight excluding hydrogens is 342 g/mol. The highest BCUT2D eigenvalue weighted by Gasteiger charge is 2.16. The van der Waals surface area contributed by atoms with Gasteiger partial charge < -0.3 is 5.73 Å². The fourth-order valence-electron chi connectivity index (χ4n) is 1.56. The molecule has 0 heterocycles. The van der Waals surface area contributed by atoms with Gasteiger partial charge in [0.15, 0.2) is 0 Å². The molecule has 0 spiro atoms. The van der Waals surface area contributed by atoms with Gasteiger partial charge in [-0.2, -0.15) is 5.26 Å². The van der Waals surface area contributed by atoms with Crippen molar-refractivity contribution in [2.45, 2.75) is 4.90 Å².